The molecule has 0 saturated carbocycles. The monoisotopic (exact) mass is 473 g/mol. The van der Waals surface area contributed by atoms with E-state index in [4.69, 9.17) is 4.74 Å². The Hall–Kier alpha value is -2.58. The molecule has 0 aromatic heterocycles. The zero-order valence-electron chi connectivity index (χ0n) is 19.8. The number of hydrogen-bond acceptors (Lipinski definition) is 5. The van der Waals surface area contributed by atoms with Crippen LogP contribution in [0.5, 0.6) is 5.75 Å². The number of ether oxygens (including phenoxy) is 1. The Morgan fingerprint density at radius 3 is 2.27 bits per heavy atom. The minimum Gasteiger partial charge on any atom is -0.497 e. The molecule has 7 nitrogen and oxygen atoms in total. The summed E-state index contributed by atoms with van der Waals surface area (Å²) in [6.45, 7) is 5.24. The Morgan fingerprint density at radius 1 is 1.06 bits per heavy atom. The van der Waals surface area contributed by atoms with E-state index in [-0.39, 0.29) is 5.91 Å². The number of carbonyl (C=O) groups excluding carboxylic acids is 1. The highest BCUT2D eigenvalue weighted by Crippen LogP contribution is 2.25. The van der Waals surface area contributed by atoms with E-state index in [1.165, 1.54) is 29.1 Å². The molecule has 180 valence electrons. The lowest BCUT2D eigenvalue weighted by molar-refractivity contribution is -0.122. The molecule has 1 fully saturated rings. The number of nitrogens with zero attached hydrogens (tertiary/aromatic N) is 2. The molecular formula is C25H35N3O4S. The Kier molecular flexibility index (Phi) is 8.74. The van der Waals surface area contributed by atoms with Crippen molar-refractivity contribution >= 4 is 21.6 Å². The van der Waals surface area contributed by atoms with Crippen LogP contribution < -0.4 is 14.4 Å². The lowest BCUT2D eigenvalue weighted by Gasteiger charge is -2.30. The fourth-order valence-corrected chi connectivity index (χ4v) is 5.54. The van der Waals surface area contributed by atoms with Crippen molar-refractivity contribution in [2.24, 2.45) is 0 Å². The van der Waals surface area contributed by atoms with Crippen LogP contribution in [0.2, 0.25) is 0 Å². The average Bonchev–Trinajstić information content (AvgIpc) is 2.81. The molecule has 1 N–H and O–H groups in total. The normalized spacial score (nSPS) is 15.6. The molecule has 1 heterocycles. The SMILES string of the molecule is CC[C@H](C(=O)NCc1ccccc1CN1CCCCC1)N(c1ccc(OC)cc1)S(C)(=O)=O. The molecule has 1 atom stereocenters. The highest BCUT2D eigenvalue weighted by atomic mass is 32.2. The second-order valence-electron chi connectivity index (χ2n) is 8.50. The second-order valence-corrected chi connectivity index (χ2v) is 10.4. The van der Waals surface area contributed by atoms with Crippen LogP contribution in [0.4, 0.5) is 5.69 Å². The summed E-state index contributed by atoms with van der Waals surface area (Å²) >= 11 is 0. The lowest BCUT2D eigenvalue weighted by atomic mass is 10.0. The maximum Gasteiger partial charge on any atom is 0.244 e. The molecular weight excluding hydrogens is 438 g/mol. The molecule has 0 spiro atoms. The van der Waals surface area contributed by atoms with Crippen molar-refractivity contribution in [3.63, 3.8) is 0 Å². The van der Waals surface area contributed by atoms with Crippen molar-refractivity contribution in [3.05, 3.63) is 59.7 Å². The number of sulfonamides is 1. The number of piperidine rings is 1. The summed E-state index contributed by atoms with van der Waals surface area (Å²) in [7, 11) is -2.13. The first-order valence-corrected chi connectivity index (χ1v) is 13.4. The molecule has 3 rings (SSSR count). The third-order valence-corrected chi connectivity index (χ3v) is 7.25. The number of rotatable bonds is 10. The smallest absolute Gasteiger partial charge is 0.244 e. The first-order valence-electron chi connectivity index (χ1n) is 11.5. The van der Waals surface area contributed by atoms with Crippen LogP contribution in [0.15, 0.2) is 48.5 Å². The second kappa shape index (κ2) is 11.5. The van der Waals surface area contributed by atoms with Gasteiger partial charge in [0.2, 0.25) is 15.9 Å². The number of nitrogens with one attached hydrogen (secondary N) is 1. The fraction of sp³-hybridized carbons (Fsp3) is 0.480. The van der Waals surface area contributed by atoms with Gasteiger partial charge in [-0.1, -0.05) is 37.6 Å². The van der Waals surface area contributed by atoms with Gasteiger partial charge in [0.05, 0.1) is 19.1 Å². The van der Waals surface area contributed by atoms with Gasteiger partial charge in [-0.15, -0.1) is 0 Å². The van der Waals surface area contributed by atoms with Gasteiger partial charge in [0.15, 0.2) is 0 Å². The van der Waals surface area contributed by atoms with Crippen LogP contribution in [-0.4, -0.2) is 51.7 Å². The highest BCUT2D eigenvalue weighted by molar-refractivity contribution is 7.92. The van der Waals surface area contributed by atoms with E-state index in [2.05, 4.69) is 16.3 Å². The maximum atomic E-state index is 13.2. The first kappa shape index (κ1) is 25.1. The van der Waals surface area contributed by atoms with Crippen molar-refractivity contribution in [1.29, 1.82) is 0 Å². The van der Waals surface area contributed by atoms with Crippen molar-refractivity contribution in [1.82, 2.24) is 10.2 Å². The predicted molar refractivity (Wildman–Crippen MR) is 132 cm³/mol. The van der Waals surface area contributed by atoms with Gasteiger partial charge in [0, 0.05) is 13.1 Å². The molecule has 1 aliphatic rings. The number of hydrogen-bond donors (Lipinski definition) is 1. The van der Waals surface area contributed by atoms with Gasteiger partial charge >= 0.3 is 0 Å². The molecule has 0 radical (unpaired) electrons. The van der Waals surface area contributed by atoms with Gasteiger partial charge in [-0.25, -0.2) is 8.42 Å². The molecule has 1 saturated heterocycles. The van der Waals surface area contributed by atoms with Gasteiger partial charge < -0.3 is 10.1 Å². The number of anilines is 1. The van der Waals surface area contributed by atoms with Crippen LogP contribution in [0.3, 0.4) is 0 Å². The molecule has 2 aromatic rings. The zero-order chi connectivity index (χ0) is 23.8. The molecule has 2 aromatic carbocycles. The van der Waals surface area contributed by atoms with Gasteiger partial charge in [-0.05, 0) is 67.7 Å². The van der Waals surface area contributed by atoms with Crippen LogP contribution in [0, 0.1) is 0 Å². The number of likely N-dealkylation sites (tertiary alicyclic amines) is 1. The standard InChI is InChI=1S/C25H35N3O4S/c1-4-24(28(33(3,30)31)22-12-14-23(32-2)15-13-22)25(29)26-18-20-10-6-7-11-21(20)19-27-16-8-5-9-17-27/h6-7,10-15,24H,4-5,8-9,16-19H2,1-3H3,(H,26,29)/t24-/m1/s1. The molecule has 33 heavy (non-hydrogen) atoms. The van der Waals surface area contributed by atoms with E-state index < -0.39 is 16.1 Å². The quantitative estimate of drug-likeness (QED) is 0.571. The molecule has 8 heteroatoms. The minimum atomic E-state index is -3.68. The zero-order valence-corrected chi connectivity index (χ0v) is 20.6. The van der Waals surface area contributed by atoms with E-state index in [1.54, 1.807) is 31.4 Å². The largest absolute Gasteiger partial charge is 0.497 e. The Labute approximate surface area is 197 Å². The summed E-state index contributed by atoms with van der Waals surface area (Å²) in [5.74, 6) is 0.307. The highest BCUT2D eigenvalue weighted by Gasteiger charge is 2.31. The first-order chi connectivity index (χ1) is 15.8. The molecule has 0 bridgehead atoms. The van der Waals surface area contributed by atoms with Crippen LogP contribution in [0.25, 0.3) is 0 Å². The number of benzene rings is 2. The van der Waals surface area contributed by atoms with Gasteiger partial charge in [-0.3, -0.25) is 14.0 Å². The lowest BCUT2D eigenvalue weighted by Crippen LogP contribution is -2.49. The Balaban J connectivity index is 1.74. The molecule has 0 aliphatic carbocycles. The predicted octanol–water partition coefficient (Wildman–Crippen LogP) is 3.54. The van der Waals surface area contributed by atoms with E-state index in [1.807, 2.05) is 25.1 Å². The van der Waals surface area contributed by atoms with Crippen molar-refractivity contribution in [3.8, 4) is 5.75 Å². The van der Waals surface area contributed by atoms with Crippen molar-refractivity contribution in [2.75, 3.05) is 30.8 Å². The molecule has 1 amide bonds. The van der Waals surface area contributed by atoms with Crippen molar-refractivity contribution < 1.29 is 17.9 Å². The summed E-state index contributed by atoms with van der Waals surface area (Å²) in [6, 6.07) is 14.0. The third-order valence-electron chi connectivity index (χ3n) is 6.07. The van der Waals surface area contributed by atoms with Crippen molar-refractivity contribution in [2.45, 2.75) is 51.7 Å². The van der Waals surface area contributed by atoms with E-state index in [9.17, 15) is 13.2 Å². The Bertz CT molecular complexity index is 1020. The fourth-order valence-electron chi connectivity index (χ4n) is 4.33. The average molecular weight is 474 g/mol. The maximum absolute atomic E-state index is 13.2. The summed E-state index contributed by atoms with van der Waals surface area (Å²) in [6.07, 6.45) is 5.21. The summed E-state index contributed by atoms with van der Waals surface area (Å²) in [5, 5.41) is 2.98. The van der Waals surface area contributed by atoms with E-state index in [0.29, 0.717) is 24.4 Å². The van der Waals surface area contributed by atoms with Gasteiger partial charge in [0.1, 0.15) is 11.8 Å². The van der Waals surface area contributed by atoms with Crippen LogP contribution >= 0.6 is 0 Å². The molecule has 0 unspecified atom stereocenters. The molecule has 1 aliphatic heterocycles. The van der Waals surface area contributed by atoms with Crippen LogP contribution in [0.1, 0.15) is 43.7 Å². The summed E-state index contributed by atoms with van der Waals surface area (Å²) < 4.78 is 31.7. The summed E-state index contributed by atoms with van der Waals surface area (Å²) in [5.41, 5.74) is 2.69. The number of carbonyl (C=O) groups is 1. The van der Waals surface area contributed by atoms with E-state index in [0.717, 1.165) is 31.5 Å². The third kappa shape index (κ3) is 6.71. The minimum absolute atomic E-state index is 0.313. The topological polar surface area (TPSA) is 79.0 Å². The van der Waals surface area contributed by atoms with E-state index >= 15 is 0 Å². The number of amides is 1. The van der Waals surface area contributed by atoms with Gasteiger partial charge in [0.25, 0.3) is 0 Å². The van der Waals surface area contributed by atoms with Crippen LogP contribution in [-0.2, 0) is 27.9 Å². The number of methoxy groups -OCH3 is 1. The Morgan fingerprint density at radius 2 is 1.70 bits per heavy atom. The summed E-state index contributed by atoms with van der Waals surface area (Å²) in [4.78, 5) is 15.6. The van der Waals surface area contributed by atoms with Gasteiger partial charge in [-0.2, -0.15) is 0 Å².